The van der Waals surface area contributed by atoms with Gasteiger partial charge in [-0.05, 0) is 48.6 Å². The predicted octanol–water partition coefficient (Wildman–Crippen LogP) is 5.79. The van der Waals surface area contributed by atoms with Crippen LogP contribution >= 0.6 is 0 Å². The minimum Gasteiger partial charge on any atom is -0.459 e. The molecule has 1 saturated heterocycles. The number of benzene rings is 2. The van der Waals surface area contributed by atoms with E-state index in [9.17, 15) is 19.2 Å². The number of nitrogens with zero attached hydrogens (tertiary/aromatic N) is 2. The van der Waals surface area contributed by atoms with E-state index < -0.39 is 36.0 Å². The van der Waals surface area contributed by atoms with E-state index in [1.54, 1.807) is 19.1 Å². The summed E-state index contributed by atoms with van der Waals surface area (Å²) in [5.41, 5.74) is 2.30. The van der Waals surface area contributed by atoms with Crippen LogP contribution in [0.5, 0.6) is 0 Å². The van der Waals surface area contributed by atoms with Crippen LogP contribution in [-0.2, 0) is 32.1 Å². The van der Waals surface area contributed by atoms with Gasteiger partial charge >= 0.3 is 18.1 Å². The Morgan fingerprint density at radius 2 is 1.65 bits per heavy atom. The number of nitrogens with one attached hydrogen (secondary N) is 2. The highest BCUT2D eigenvalue weighted by molar-refractivity contribution is 6.08. The smallest absolute Gasteiger partial charge is 0.412 e. The number of carbonyl (C=O) groups is 4. The van der Waals surface area contributed by atoms with Gasteiger partial charge in [0.1, 0.15) is 12.4 Å². The number of hydrogen-bond donors (Lipinski definition) is 2. The Morgan fingerprint density at radius 3 is 2.37 bits per heavy atom. The van der Waals surface area contributed by atoms with E-state index in [1.165, 1.54) is 6.20 Å². The number of hydrogen-bond acceptors (Lipinski definition) is 7. The lowest BCUT2D eigenvalue weighted by Crippen LogP contribution is -2.69. The van der Waals surface area contributed by atoms with Gasteiger partial charge in [0.05, 0.1) is 18.6 Å². The number of anilines is 1. The Balaban J connectivity index is 1.43. The summed E-state index contributed by atoms with van der Waals surface area (Å²) >= 11 is 0. The van der Waals surface area contributed by atoms with Crippen LogP contribution in [0.25, 0.3) is 0 Å². The number of unbranched alkanes of at least 4 members (excludes halogenated alkanes) is 3. The average molecular weight is 587 g/mol. The quantitative estimate of drug-likeness (QED) is 0.147. The molecule has 1 aliphatic heterocycles. The number of aromatic nitrogens is 1. The van der Waals surface area contributed by atoms with Crippen LogP contribution in [0.15, 0.2) is 79.0 Å². The second-order valence-corrected chi connectivity index (χ2v) is 10.5. The number of esters is 1. The van der Waals surface area contributed by atoms with Gasteiger partial charge in [0, 0.05) is 6.20 Å². The lowest BCUT2D eigenvalue weighted by molar-refractivity contribution is -0.170. The summed E-state index contributed by atoms with van der Waals surface area (Å²) in [6, 6.07) is 19.7. The second kappa shape index (κ2) is 15.5. The maximum atomic E-state index is 13.3. The first-order chi connectivity index (χ1) is 20.9. The number of likely N-dealkylation sites (tertiary alicyclic amines) is 1. The average Bonchev–Trinajstić information content (AvgIpc) is 3.02. The molecule has 3 aromatic rings. The molecular weight excluding hydrogens is 548 g/mol. The molecule has 1 aliphatic rings. The molecule has 1 aromatic heterocycles. The first kappa shape index (κ1) is 31.2. The molecule has 43 heavy (non-hydrogen) atoms. The number of imide groups is 1. The van der Waals surface area contributed by atoms with Crippen molar-refractivity contribution in [1.29, 1.82) is 0 Å². The third kappa shape index (κ3) is 8.64. The summed E-state index contributed by atoms with van der Waals surface area (Å²) in [4.78, 5) is 57.2. The van der Waals surface area contributed by atoms with Crippen molar-refractivity contribution in [2.45, 2.75) is 64.6 Å². The van der Waals surface area contributed by atoms with E-state index in [-0.39, 0.29) is 24.9 Å². The monoisotopic (exact) mass is 586 g/mol. The zero-order valence-corrected chi connectivity index (χ0v) is 24.5. The summed E-state index contributed by atoms with van der Waals surface area (Å²) in [6.45, 7) is 4.24. The lowest BCUT2D eigenvalue weighted by Gasteiger charge is -2.44. The number of rotatable bonds is 13. The maximum absolute atomic E-state index is 13.3. The van der Waals surface area contributed by atoms with Gasteiger partial charge in [-0.2, -0.15) is 0 Å². The van der Waals surface area contributed by atoms with Gasteiger partial charge in [0.15, 0.2) is 6.04 Å². The fraction of sp³-hybridized carbons (Fsp3) is 0.364. The molecule has 3 unspecified atom stereocenters. The zero-order valence-electron chi connectivity index (χ0n) is 24.5. The Bertz CT molecular complexity index is 1380. The van der Waals surface area contributed by atoms with E-state index in [4.69, 9.17) is 9.47 Å². The standard InChI is InChI=1S/C33H38N4O6/c1-3-4-5-12-19-42-33(41)36-28-21-25(17-18-34-28)20-27-29(31(39)43-22-24-13-8-6-9-14-24)37(30(27)38)32(40)35-23(2)26-15-10-7-11-16-26/h6-11,13-18,21,23,27,29H,3-5,12,19-20,22H2,1-2H3,(H,35,40)(H,34,36,41). The van der Waals surface area contributed by atoms with Crippen LogP contribution in [0.2, 0.25) is 0 Å². The topological polar surface area (TPSA) is 127 Å². The molecule has 4 amide bonds. The Hall–Kier alpha value is -4.73. The molecule has 0 aliphatic carbocycles. The fourth-order valence-corrected chi connectivity index (χ4v) is 4.90. The van der Waals surface area contributed by atoms with Crippen molar-refractivity contribution in [3.63, 3.8) is 0 Å². The molecule has 10 nitrogen and oxygen atoms in total. The zero-order chi connectivity index (χ0) is 30.6. The molecule has 1 fully saturated rings. The highest BCUT2D eigenvalue weighted by Gasteiger charge is 2.55. The van der Waals surface area contributed by atoms with Crippen molar-refractivity contribution in [2.24, 2.45) is 5.92 Å². The van der Waals surface area contributed by atoms with E-state index >= 15 is 0 Å². The van der Waals surface area contributed by atoms with E-state index in [0.717, 1.165) is 41.7 Å². The molecule has 0 bridgehead atoms. The first-order valence-electron chi connectivity index (χ1n) is 14.6. The normalized spacial score (nSPS) is 16.5. The molecule has 10 heteroatoms. The molecule has 2 heterocycles. The van der Waals surface area contributed by atoms with Gasteiger partial charge in [0.25, 0.3) is 0 Å². The SMILES string of the molecule is CCCCCCOC(=O)Nc1cc(CC2C(=O)N(C(=O)NC(C)c3ccccc3)C2C(=O)OCc2ccccc2)ccn1. The van der Waals surface area contributed by atoms with Gasteiger partial charge in [-0.25, -0.2) is 24.3 Å². The molecule has 0 radical (unpaired) electrons. The lowest BCUT2D eigenvalue weighted by atomic mass is 9.82. The van der Waals surface area contributed by atoms with E-state index in [2.05, 4.69) is 22.5 Å². The van der Waals surface area contributed by atoms with Crippen LogP contribution in [0.3, 0.4) is 0 Å². The first-order valence-corrected chi connectivity index (χ1v) is 14.6. The molecule has 3 atom stereocenters. The van der Waals surface area contributed by atoms with E-state index in [0.29, 0.717) is 12.2 Å². The Morgan fingerprint density at radius 1 is 0.930 bits per heavy atom. The summed E-state index contributed by atoms with van der Waals surface area (Å²) in [5.74, 6) is -1.73. The van der Waals surface area contributed by atoms with Gasteiger partial charge in [-0.1, -0.05) is 86.8 Å². The molecule has 226 valence electrons. The van der Waals surface area contributed by atoms with Crippen LogP contribution in [0.1, 0.15) is 62.3 Å². The van der Waals surface area contributed by atoms with Gasteiger partial charge in [0.2, 0.25) is 5.91 Å². The highest BCUT2D eigenvalue weighted by atomic mass is 16.5. The van der Waals surface area contributed by atoms with Crippen molar-refractivity contribution in [3.05, 3.63) is 95.7 Å². The fourth-order valence-electron chi connectivity index (χ4n) is 4.90. The van der Waals surface area contributed by atoms with Crippen molar-refractivity contribution in [1.82, 2.24) is 15.2 Å². The minimum atomic E-state index is -1.11. The molecule has 2 aromatic carbocycles. The Kier molecular flexibility index (Phi) is 11.2. The molecule has 4 rings (SSSR count). The van der Waals surface area contributed by atoms with Crippen LogP contribution in [0.4, 0.5) is 15.4 Å². The van der Waals surface area contributed by atoms with Gasteiger partial charge in [-0.3, -0.25) is 10.1 Å². The summed E-state index contributed by atoms with van der Waals surface area (Å²) < 4.78 is 10.8. The predicted molar refractivity (Wildman–Crippen MR) is 161 cm³/mol. The number of ether oxygens (including phenoxy) is 2. The number of urea groups is 1. The summed E-state index contributed by atoms with van der Waals surface area (Å²) in [5, 5.41) is 5.42. The maximum Gasteiger partial charge on any atom is 0.412 e. The van der Waals surface area contributed by atoms with Crippen molar-refractivity contribution in [2.75, 3.05) is 11.9 Å². The van der Waals surface area contributed by atoms with Crippen molar-refractivity contribution < 1.29 is 28.7 Å². The molecule has 0 spiro atoms. The largest absolute Gasteiger partial charge is 0.459 e. The molecule has 2 N–H and O–H groups in total. The molecular formula is C33H38N4O6. The highest BCUT2D eigenvalue weighted by Crippen LogP contribution is 2.32. The number of β-lactam (4-membered cyclic amide) rings is 1. The third-order valence-electron chi connectivity index (χ3n) is 7.28. The second-order valence-electron chi connectivity index (χ2n) is 10.5. The number of carbonyl (C=O) groups excluding carboxylic acids is 4. The van der Waals surface area contributed by atoms with Gasteiger partial charge < -0.3 is 14.8 Å². The van der Waals surface area contributed by atoms with Gasteiger partial charge in [-0.15, -0.1) is 0 Å². The summed E-state index contributed by atoms with van der Waals surface area (Å²) in [6.07, 6.45) is 4.98. The summed E-state index contributed by atoms with van der Waals surface area (Å²) in [7, 11) is 0. The van der Waals surface area contributed by atoms with Crippen molar-refractivity contribution in [3.8, 4) is 0 Å². The van der Waals surface area contributed by atoms with Crippen molar-refractivity contribution >= 4 is 29.8 Å². The minimum absolute atomic E-state index is 0.0108. The number of pyridine rings is 1. The number of amides is 4. The van der Waals surface area contributed by atoms with E-state index in [1.807, 2.05) is 60.7 Å². The van der Waals surface area contributed by atoms with Crippen LogP contribution < -0.4 is 10.6 Å². The Labute approximate surface area is 251 Å². The third-order valence-corrected chi connectivity index (χ3v) is 7.28. The van der Waals surface area contributed by atoms with Crippen LogP contribution in [-0.4, -0.2) is 46.5 Å². The molecule has 0 saturated carbocycles. The van der Waals surface area contributed by atoms with Crippen LogP contribution in [0, 0.1) is 5.92 Å².